The number of phenols is 1. The van der Waals surface area contributed by atoms with Crippen molar-refractivity contribution in [2.45, 2.75) is 6.54 Å². The van der Waals surface area contributed by atoms with Gasteiger partial charge in [-0.3, -0.25) is 9.69 Å². The summed E-state index contributed by atoms with van der Waals surface area (Å²) in [5, 5.41) is 18.8. The maximum atomic E-state index is 14.0. The molecule has 1 amide bonds. The number of amides is 1. The van der Waals surface area contributed by atoms with E-state index >= 15 is 0 Å². The summed E-state index contributed by atoms with van der Waals surface area (Å²) in [6, 6.07) is 14.2. The van der Waals surface area contributed by atoms with E-state index in [0.717, 1.165) is 11.8 Å². The van der Waals surface area contributed by atoms with Gasteiger partial charge in [-0.15, -0.1) is 5.10 Å². The van der Waals surface area contributed by atoms with Gasteiger partial charge in [-0.1, -0.05) is 29.8 Å². The van der Waals surface area contributed by atoms with Crippen LogP contribution in [0.1, 0.15) is 16.9 Å². The Bertz CT molecular complexity index is 1210. The molecule has 1 aliphatic heterocycles. The molecular formula is C22H15ClFN3O3S. The van der Waals surface area contributed by atoms with Crippen LogP contribution in [0.4, 0.5) is 4.39 Å². The molecule has 0 saturated carbocycles. The highest BCUT2D eigenvalue weighted by Crippen LogP contribution is 2.34. The molecule has 0 spiro atoms. The van der Waals surface area contributed by atoms with Gasteiger partial charge in [0, 0.05) is 16.1 Å². The maximum Gasteiger partial charge on any atom is 0.267 e. The predicted octanol–water partition coefficient (Wildman–Crippen LogP) is 5.28. The van der Waals surface area contributed by atoms with Crippen LogP contribution in [0.2, 0.25) is 5.02 Å². The average Bonchev–Trinajstić information content (AvgIpc) is 3.36. The number of hydrogen-bond acceptors (Lipinski definition) is 6. The average molecular weight is 456 g/mol. The smallest absolute Gasteiger partial charge is 0.267 e. The molecule has 0 atom stereocenters. The third kappa shape index (κ3) is 4.87. The Kier molecular flexibility index (Phi) is 6.20. The van der Waals surface area contributed by atoms with Crippen LogP contribution in [0.5, 0.6) is 5.75 Å². The molecule has 0 aliphatic carbocycles. The zero-order valence-electron chi connectivity index (χ0n) is 15.9. The molecule has 0 radical (unpaired) electrons. The number of phenolic OH excluding ortho intramolecular Hbond substituents is 1. The Hall–Kier alpha value is -3.36. The second kappa shape index (κ2) is 9.20. The van der Waals surface area contributed by atoms with Gasteiger partial charge >= 0.3 is 0 Å². The first kappa shape index (κ1) is 20.9. The zero-order valence-corrected chi connectivity index (χ0v) is 17.5. The summed E-state index contributed by atoms with van der Waals surface area (Å²) < 4.78 is 19.4. The van der Waals surface area contributed by atoms with Crippen molar-refractivity contribution in [3.05, 3.63) is 93.5 Å². The number of benzene rings is 2. The number of thioether (sulfide) groups is 1. The highest BCUT2D eigenvalue weighted by atomic mass is 35.5. The fourth-order valence-corrected chi connectivity index (χ4v) is 3.89. The SMILES string of the molecule is O=C1/C(=C/c2ccccc2F)S/C(=N\N=C\c2cc(Cl)ccc2O)N1Cc1ccco1. The Morgan fingerprint density at radius 3 is 2.77 bits per heavy atom. The number of hydrogen-bond donors (Lipinski definition) is 1. The minimum Gasteiger partial charge on any atom is -0.507 e. The van der Waals surface area contributed by atoms with Crippen LogP contribution in [0.3, 0.4) is 0 Å². The number of aromatic hydroxyl groups is 1. The Labute approximate surface area is 186 Å². The normalized spacial score (nSPS) is 16.8. The highest BCUT2D eigenvalue weighted by Gasteiger charge is 2.34. The molecule has 156 valence electrons. The summed E-state index contributed by atoms with van der Waals surface area (Å²) in [5.74, 6) is -0.216. The van der Waals surface area contributed by atoms with E-state index < -0.39 is 5.82 Å². The van der Waals surface area contributed by atoms with Gasteiger partial charge in [-0.25, -0.2) is 4.39 Å². The molecule has 1 aliphatic rings. The Morgan fingerprint density at radius 2 is 2.00 bits per heavy atom. The number of amidine groups is 1. The Balaban J connectivity index is 1.65. The first-order valence-corrected chi connectivity index (χ1v) is 10.3. The molecule has 4 rings (SSSR count). The van der Waals surface area contributed by atoms with Crippen molar-refractivity contribution >= 4 is 46.7 Å². The number of nitrogens with zero attached hydrogens (tertiary/aromatic N) is 3. The highest BCUT2D eigenvalue weighted by molar-refractivity contribution is 8.18. The molecular weight excluding hydrogens is 441 g/mol. The molecule has 0 bridgehead atoms. The van der Waals surface area contributed by atoms with E-state index in [-0.39, 0.29) is 18.2 Å². The van der Waals surface area contributed by atoms with E-state index in [0.29, 0.717) is 32.0 Å². The second-order valence-corrected chi connectivity index (χ2v) is 7.88. The van der Waals surface area contributed by atoms with Gasteiger partial charge in [0.1, 0.15) is 17.3 Å². The standard InChI is InChI=1S/C22H15ClFN3O3S/c23-16-7-8-19(28)15(10-16)12-25-26-22-27(13-17-5-3-9-30-17)21(29)20(31-22)11-14-4-1-2-6-18(14)24/h1-12,28H,13H2/b20-11-,25-12+,26-22-. The molecule has 1 fully saturated rings. The minimum atomic E-state index is -0.430. The van der Waals surface area contributed by atoms with Crippen molar-refractivity contribution in [1.29, 1.82) is 0 Å². The summed E-state index contributed by atoms with van der Waals surface area (Å²) in [4.78, 5) is 14.7. The van der Waals surface area contributed by atoms with Crippen molar-refractivity contribution in [2.75, 3.05) is 0 Å². The van der Waals surface area contributed by atoms with Gasteiger partial charge in [-0.2, -0.15) is 5.10 Å². The lowest BCUT2D eigenvalue weighted by atomic mass is 10.2. The zero-order chi connectivity index (χ0) is 21.8. The first-order valence-electron chi connectivity index (χ1n) is 9.09. The molecule has 1 N–H and O–H groups in total. The summed E-state index contributed by atoms with van der Waals surface area (Å²) in [6.45, 7) is 0.143. The number of carbonyl (C=O) groups is 1. The molecule has 9 heteroatoms. The third-order valence-corrected chi connectivity index (χ3v) is 5.54. The van der Waals surface area contributed by atoms with E-state index in [1.165, 1.54) is 41.7 Å². The van der Waals surface area contributed by atoms with Crippen LogP contribution >= 0.6 is 23.4 Å². The van der Waals surface area contributed by atoms with Gasteiger partial charge in [0.25, 0.3) is 5.91 Å². The van der Waals surface area contributed by atoms with E-state index in [1.54, 1.807) is 36.4 Å². The minimum absolute atomic E-state index is 0.00363. The van der Waals surface area contributed by atoms with Crippen molar-refractivity contribution in [3.63, 3.8) is 0 Å². The maximum absolute atomic E-state index is 14.0. The van der Waals surface area contributed by atoms with Crippen LogP contribution in [-0.4, -0.2) is 27.3 Å². The fraction of sp³-hybridized carbons (Fsp3) is 0.0455. The van der Waals surface area contributed by atoms with Gasteiger partial charge in [0.05, 0.1) is 23.9 Å². The van der Waals surface area contributed by atoms with Gasteiger partial charge in [0.2, 0.25) is 0 Å². The summed E-state index contributed by atoms with van der Waals surface area (Å²) in [5.41, 5.74) is 0.677. The number of halogens is 2. The van der Waals surface area contributed by atoms with Crippen LogP contribution in [-0.2, 0) is 11.3 Å². The van der Waals surface area contributed by atoms with Gasteiger partial charge < -0.3 is 9.52 Å². The lowest BCUT2D eigenvalue weighted by Gasteiger charge is -2.12. The predicted molar refractivity (Wildman–Crippen MR) is 119 cm³/mol. The van der Waals surface area contributed by atoms with Crippen LogP contribution < -0.4 is 0 Å². The molecule has 6 nitrogen and oxygen atoms in total. The van der Waals surface area contributed by atoms with Crippen LogP contribution in [0, 0.1) is 5.82 Å². The van der Waals surface area contributed by atoms with Crippen molar-refractivity contribution in [2.24, 2.45) is 10.2 Å². The van der Waals surface area contributed by atoms with Crippen LogP contribution in [0.15, 0.2) is 80.4 Å². The van der Waals surface area contributed by atoms with E-state index in [9.17, 15) is 14.3 Å². The first-order chi connectivity index (χ1) is 15.0. The molecule has 2 heterocycles. The molecule has 1 saturated heterocycles. The molecule has 1 aromatic heterocycles. The number of carbonyl (C=O) groups excluding carboxylic acids is 1. The quantitative estimate of drug-likeness (QED) is 0.322. The molecule has 3 aromatic rings. The fourth-order valence-electron chi connectivity index (χ4n) is 2.78. The number of furan rings is 1. The Morgan fingerprint density at radius 1 is 1.16 bits per heavy atom. The van der Waals surface area contributed by atoms with Crippen LogP contribution in [0.25, 0.3) is 6.08 Å². The van der Waals surface area contributed by atoms with Crippen molar-refractivity contribution < 1.29 is 18.7 Å². The lowest BCUT2D eigenvalue weighted by Crippen LogP contribution is -2.28. The third-order valence-electron chi connectivity index (χ3n) is 4.30. The number of rotatable bonds is 5. The van der Waals surface area contributed by atoms with E-state index in [2.05, 4.69) is 10.2 Å². The summed E-state index contributed by atoms with van der Waals surface area (Å²) >= 11 is 7.01. The second-order valence-electron chi connectivity index (χ2n) is 6.43. The summed E-state index contributed by atoms with van der Waals surface area (Å²) in [7, 11) is 0. The van der Waals surface area contributed by atoms with Gasteiger partial charge in [0.15, 0.2) is 5.17 Å². The topological polar surface area (TPSA) is 78.4 Å². The molecule has 2 aromatic carbocycles. The lowest BCUT2D eigenvalue weighted by molar-refractivity contribution is -0.122. The molecule has 31 heavy (non-hydrogen) atoms. The summed E-state index contributed by atoms with van der Waals surface area (Å²) in [6.07, 6.45) is 4.32. The van der Waals surface area contributed by atoms with E-state index in [1.807, 2.05) is 0 Å². The molecule has 0 unspecified atom stereocenters. The van der Waals surface area contributed by atoms with Crippen molar-refractivity contribution in [1.82, 2.24) is 4.90 Å². The monoisotopic (exact) mass is 455 g/mol. The van der Waals surface area contributed by atoms with Gasteiger partial charge in [-0.05, 0) is 54.2 Å². The van der Waals surface area contributed by atoms with E-state index in [4.69, 9.17) is 16.0 Å². The van der Waals surface area contributed by atoms with Crippen molar-refractivity contribution in [3.8, 4) is 5.75 Å². The largest absolute Gasteiger partial charge is 0.507 e.